The fraction of sp³-hybridized carbons (Fsp3) is 0.292. The van der Waals surface area contributed by atoms with E-state index in [1.165, 1.54) is 36.4 Å². The number of nitrogens with one attached hydrogen (secondary N) is 2. The molecule has 0 aromatic heterocycles. The van der Waals surface area contributed by atoms with Crippen LogP contribution in [0.3, 0.4) is 0 Å². The zero-order valence-electron chi connectivity index (χ0n) is 18.5. The summed E-state index contributed by atoms with van der Waals surface area (Å²) < 4.78 is 19.2. The lowest BCUT2D eigenvalue weighted by Gasteiger charge is -2.29. The van der Waals surface area contributed by atoms with Crippen LogP contribution in [0, 0.1) is 17.7 Å². The third-order valence-electron chi connectivity index (χ3n) is 6.73. The van der Waals surface area contributed by atoms with Crippen LogP contribution in [0.1, 0.15) is 29.3 Å². The second-order valence-electron chi connectivity index (χ2n) is 8.66. The molecule has 10 nitrogen and oxygen atoms in total. The van der Waals surface area contributed by atoms with Gasteiger partial charge in [0.05, 0.1) is 29.7 Å². The SMILES string of the molecule is CCOC(=O)c1ccc(N2C(=O)[C@H]3[C@@H](C2=O)[C@@]2(N[C@@H]3CC(N)=O)C(=O)Nc3ccc(F)cc32)cc1. The summed E-state index contributed by atoms with van der Waals surface area (Å²) in [5, 5.41) is 5.64. The second-order valence-corrected chi connectivity index (χ2v) is 8.66. The largest absolute Gasteiger partial charge is 0.462 e. The number of ether oxygens (including phenoxy) is 1. The Kier molecular flexibility index (Phi) is 5.17. The molecule has 5 rings (SSSR count). The zero-order chi connectivity index (χ0) is 25.1. The minimum Gasteiger partial charge on any atom is -0.462 e. The van der Waals surface area contributed by atoms with Gasteiger partial charge in [-0.25, -0.2) is 14.1 Å². The molecule has 2 aromatic rings. The number of rotatable bonds is 5. The van der Waals surface area contributed by atoms with Crippen LogP contribution in [0.25, 0.3) is 0 Å². The second kappa shape index (κ2) is 7.98. The summed E-state index contributed by atoms with van der Waals surface area (Å²) in [4.78, 5) is 65.3. The molecule has 0 radical (unpaired) electrons. The Balaban J connectivity index is 1.59. The average molecular weight is 480 g/mol. The van der Waals surface area contributed by atoms with E-state index in [1.54, 1.807) is 6.92 Å². The number of fused-ring (bicyclic) bond motifs is 4. The van der Waals surface area contributed by atoms with Gasteiger partial charge in [0.2, 0.25) is 23.6 Å². The van der Waals surface area contributed by atoms with E-state index in [0.717, 1.165) is 11.0 Å². The van der Waals surface area contributed by atoms with Gasteiger partial charge in [-0.2, -0.15) is 0 Å². The highest BCUT2D eigenvalue weighted by atomic mass is 19.1. The number of carbonyl (C=O) groups excluding carboxylic acids is 5. The van der Waals surface area contributed by atoms with Gasteiger partial charge in [0.1, 0.15) is 11.4 Å². The molecule has 4 N–H and O–H groups in total. The van der Waals surface area contributed by atoms with Crippen molar-refractivity contribution in [3.63, 3.8) is 0 Å². The maximum Gasteiger partial charge on any atom is 0.338 e. The molecule has 2 fully saturated rings. The van der Waals surface area contributed by atoms with Crippen molar-refractivity contribution < 1.29 is 33.1 Å². The van der Waals surface area contributed by atoms with Gasteiger partial charge in [0.15, 0.2) is 0 Å². The summed E-state index contributed by atoms with van der Waals surface area (Å²) in [6.07, 6.45) is -0.310. The molecule has 11 heteroatoms. The predicted molar refractivity (Wildman–Crippen MR) is 119 cm³/mol. The van der Waals surface area contributed by atoms with Crippen LogP contribution >= 0.6 is 0 Å². The van der Waals surface area contributed by atoms with Gasteiger partial charge >= 0.3 is 5.97 Å². The first-order chi connectivity index (χ1) is 16.7. The lowest BCUT2D eigenvalue weighted by atomic mass is 9.76. The van der Waals surface area contributed by atoms with E-state index in [9.17, 15) is 28.4 Å². The molecule has 0 saturated carbocycles. The molecule has 0 bridgehead atoms. The number of carbonyl (C=O) groups is 5. The Morgan fingerprint density at radius 1 is 1.11 bits per heavy atom. The highest BCUT2D eigenvalue weighted by Gasteiger charge is 2.70. The van der Waals surface area contributed by atoms with Crippen LogP contribution in [0.4, 0.5) is 15.8 Å². The highest BCUT2D eigenvalue weighted by molar-refractivity contribution is 6.26. The Morgan fingerprint density at radius 2 is 1.83 bits per heavy atom. The van der Waals surface area contributed by atoms with Gasteiger partial charge in [-0.1, -0.05) is 0 Å². The van der Waals surface area contributed by atoms with Gasteiger partial charge in [0, 0.05) is 23.7 Å². The number of esters is 1. The molecule has 0 aliphatic carbocycles. The van der Waals surface area contributed by atoms with Crippen molar-refractivity contribution in [2.24, 2.45) is 17.6 Å². The maximum atomic E-state index is 14.2. The molecule has 2 saturated heterocycles. The third kappa shape index (κ3) is 3.22. The normalized spacial score (nSPS) is 26.6. The lowest BCUT2D eigenvalue weighted by Crippen LogP contribution is -2.53. The van der Waals surface area contributed by atoms with Crippen LogP contribution in [0.15, 0.2) is 42.5 Å². The predicted octanol–water partition coefficient (Wildman–Crippen LogP) is 0.803. The number of hydrogen-bond donors (Lipinski definition) is 3. The van der Waals surface area contributed by atoms with Gasteiger partial charge in [-0.3, -0.25) is 24.5 Å². The first-order valence-corrected chi connectivity index (χ1v) is 11.0. The number of anilines is 2. The van der Waals surface area contributed by atoms with Gasteiger partial charge in [0.25, 0.3) is 0 Å². The monoisotopic (exact) mass is 480 g/mol. The molecule has 4 amide bonds. The Labute approximate surface area is 198 Å². The van der Waals surface area contributed by atoms with Crippen LogP contribution in [-0.4, -0.2) is 42.2 Å². The van der Waals surface area contributed by atoms with Crippen LogP contribution in [-0.2, 0) is 29.5 Å². The molecule has 3 heterocycles. The van der Waals surface area contributed by atoms with Crippen molar-refractivity contribution in [1.29, 1.82) is 0 Å². The number of benzene rings is 2. The van der Waals surface area contributed by atoms with Gasteiger partial charge in [-0.05, 0) is 49.4 Å². The van der Waals surface area contributed by atoms with Gasteiger partial charge in [-0.15, -0.1) is 0 Å². The summed E-state index contributed by atoms with van der Waals surface area (Å²) in [5.41, 5.74) is 4.56. The quantitative estimate of drug-likeness (QED) is 0.424. The van der Waals surface area contributed by atoms with Crippen LogP contribution in [0.5, 0.6) is 0 Å². The molecule has 180 valence electrons. The minimum atomic E-state index is -1.76. The first-order valence-electron chi connectivity index (χ1n) is 11.0. The fourth-order valence-corrected chi connectivity index (χ4v) is 5.38. The topological polar surface area (TPSA) is 148 Å². The number of nitrogens with zero attached hydrogens (tertiary/aromatic N) is 1. The molecule has 3 aliphatic rings. The third-order valence-corrected chi connectivity index (χ3v) is 6.73. The number of primary amides is 1. The summed E-state index contributed by atoms with van der Waals surface area (Å²) >= 11 is 0. The van der Waals surface area contributed by atoms with Crippen molar-refractivity contribution in [3.05, 3.63) is 59.4 Å². The highest BCUT2D eigenvalue weighted by Crippen LogP contribution is 2.54. The number of nitrogens with two attached hydrogens (primary N) is 1. The molecular formula is C24H21FN4O6. The smallest absolute Gasteiger partial charge is 0.338 e. The van der Waals surface area contributed by atoms with E-state index in [2.05, 4.69) is 10.6 Å². The first kappa shape index (κ1) is 22.7. The molecular weight excluding hydrogens is 459 g/mol. The Morgan fingerprint density at radius 3 is 2.49 bits per heavy atom. The van der Waals surface area contributed by atoms with Crippen LogP contribution in [0.2, 0.25) is 0 Å². The number of imide groups is 1. The summed E-state index contributed by atoms with van der Waals surface area (Å²) in [6.45, 7) is 1.86. The zero-order valence-corrected chi connectivity index (χ0v) is 18.5. The van der Waals surface area contributed by atoms with Crippen molar-refractivity contribution >= 4 is 41.0 Å². The fourth-order valence-electron chi connectivity index (χ4n) is 5.38. The molecule has 2 aromatic carbocycles. The van der Waals surface area contributed by atoms with E-state index >= 15 is 0 Å². The number of amides is 4. The number of halogens is 1. The van der Waals surface area contributed by atoms with E-state index in [0.29, 0.717) is 5.69 Å². The minimum absolute atomic E-state index is 0.185. The molecule has 35 heavy (non-hydrogen) atoms. The summed E-state index contributed by atoms with van der Waals surface area (Å²) in [6, 6.07) is 8.44. The average Bonchev–Trinajstić information content (AvgIpc) is 3.38. The molecule has 4 atom stereocenters. The Bertz CT molecular complexity index is 1300. The lowest BCUT2D eigenvalue weighted by molar-refractivity contribution is -0.130. The summed E-state index contributed by atoms with van der Waals surface area (Å²) in [7, 11) is 0. The van der Waals surface area contributed by atoms with E-state index < -0.39 is 58.8 Å². The van der Waals surface area contributed by atoms with Crippen LogP contribution < -0.4 is 21.3 Å². The molecule has 0 unspecified atom stereocenters. The summed E-state index contributed by atoms with van der Waals surface area (Å²) in [5.74, 6) is -6.19. The Hall–Kier alpha value is -4.12. The van der Waals surface area contributed by atoms with Crippen molar-refractivity contribution in [2.75, 3.05) is 16.8 Å². The molecule has 3 aliphatic heterocycles. The maximum absolute atomic E-state index is 14.2. The van der Waals surface area contributed by atoms with E-state index in [1.807, 2.05) is 0 Å². The molecule has 1 spiro atoms. The van der Waals surface area contributed by atoms with Crippen molar-refractivity contribution in [2.45, 2.75) is 24.9 Å². The standard InChI is InChI=1S/C24H21FN4O6/c1-2-35-22(33)11-3-6-13(7-4-11)29-20(31)18-16(10-17(26)30)28-24(19(18)21(29)32)14-9-12(25)5-8-15(14)27-23(24)34/h3-9,16,18-19,28H,2,10H2,1H3,(H2,26,30)(H,27,34)/t16-,18-,19+,24-/m1/s1. The number of hydrogen-bond acceptors (Lipinski definition) is 7. The van der Waals surface area contributed by atoms with E-state index in [-0.39, 0.29) is 29.8 Å². The van der Waals surface area contributed by atoms with Crippen molar-refractivity contribution in [1.82, 2.24) is 5.32 Å². The van der Waals surface area contributed by atoms with Crippen molar-refractivity contribution in [3.8, 4) is 0 Å². The van der Waals surface area contributed by atoms with Gasteiger partial charge < -0.3 is 15.8 Å². The van der Waals surface area contributed by atoms with E-state index in [4.69, 9.17) is 10.5 Å².